The zero-order valence-corrected chi connectivity index (χ0v) is 15.5. The zero-order chi connectivity index (χ0) is 18.6. The van der Waals surface area contributed by atoms with Crippen LogP contribution in [-0.2, 0) is 0 Å². The van der Waals surface area contributed by atoms with Crippen molar-refractivity contribution in [2.24, 2.45) is 0 Å². The standard InChI is InChI=1S/C21H19ClN4O/c22-18-5-1-3-16(11-18)20-14-24-13-19(25-20)15-6-9-26(10-7-15)21(27)17-4-2-8-23-12-17/h1-5,8,11-15H,6-7,9-10H2. The smallest absolute Gasteiger partial charge is 0.255 e. The Morgan fingerprint density at radius 3 is 2.63 bits per heavy atom. The van der Waals surface area contributed by atoms with Crippen LogP contribution in [0.1, 0.15) is 34.8 Å². The zero-order valence-electron chi connectivity index (χ0n) is 14.8. The molecule has 1 amide bonds. The highest BCUT2D eigenvalue weighted by molar-refractivity contribution is 6.30. The lowest BCUT2D eigenvalue weighted by molar-refractivity contribution is 0.0711. The summed E-state index contributed by atoms with van der Waals surface area (Å²) in [5.74, 6) is 0.342. The molecule has 0 unspecified atom stereocenters. The molecule has 3 heterocycles. The number of aromatic nitrogens is 3. The summed E-state index contributed by atoms with van der Waals surface area (Å²) < 4.78 is 0. The average molecular weight is 379 g/mol. The normalized spacial score (nSPS) is 14.9. The van der Waals surface area contributed by atoms with E-state index in [1.165, 1.54) is 0 Å². The van der Waals surface area contributed by atoms with E-state index in [9.17, 15) is 4.79 Å². The molecule has 0 saturated carbocycles. The first-order valence-corrected chi connectivity index (χ1v) is 9.36. The molecule has 0 N–H and O–H groups in total. The van der Waals surface area contributed by atoms with Crippen LogP contribution in [0.5, 0.6) is 0 Å². The van der Waals surface area contributed by atoms with Crippen molar-refractivity contribution < 1.29 is 4.79 Å². The summed E-state index contributed by atoms with van der Waals surface area (Å²) in [6.07, 6.45) is 8.63. The fourth-order valence-corrected chi connectivity index (χ4v) is 3.61. The molecule has 1 saturated heterocycles. The maximum Gasteiger partial charge on any atom is 0.255 e. The molecule has 1 fully saturated rings. The minimum absolute atomic E-state index is 0.0420. The minimum Gasteiger partial charge on any atom is -0.339 e. The van der Waals surface area contributed by atoms with E-state index in [2.05, 4.69) is 9.97 Å². The molecule has 0 spiro atoms. The number of halogens is 1. The van der Waals surface area contributed by atoms with Crippen molar-refractivity contribution in [1.29, 1.82) is 0 Å². The molecule has 1 aliphatic heterocycles. The van der Waals surface area contributed by atoms with Gasteiger partial charge in [0.05, 0.1) is 23.1 Å². The molecule has 6 heteroatoms. The summed E-state index contributed by atoms with van der Waals surface area (Å²) in [6.45, 7) is 1.42. The van der Waals surface area contributed by atoms with Crippen molar-refractivity contribution in [2.75, 3.05) is 13.1 Å². The number of nitrogens with zero attached hydrogens (tertiary/aromatic N) is 4. The van der Waals surface area contributed by atoms with Gasteiger partial charge in [-0.25, -0.2) is 4.98 Å². The van der Waals surface area contributed by atoms with Crippen LogP contribution in [0.15, 0.2) is 61.2 Å². The van der Waals surface area contributed by atoms with Gasteiger partial charge in [0.15, 0.2) is 0 Å². The number of benzene rings is 1. The monoisotopic (exact) mass is 378 g/mol. The van der Waals surface area contributed by atoms with Crippen molar-refractivity contribution in [1.82, 2.24) is 19.9 Å². The number of likely N-dealkylation sites (tertiary alicyclic amines) is 1. The third kappa shape index (κ3) is 3.98. The van der Waals surface area contributed by atoms with Crippen LogP contribution in [0.25, 0.3) is 11.3 Å². The van der Waals surface area contributed by atoms with Crippen LogP contribution in [0.2, 0.25) is 5.02 Å². The number of pyridine rings is 1. The van der Waals surface area contributed by atoms with Gasteiger partial charge in [-0.2, -0.15) is 0 Å². The van der Waals surface area contributed by atoms with Gasteiger partial charge in [0, 0.05) is 48.2 Å². The number of carbonyl (C=O) groups excluding carboxylic acids is 1. The van der Waals surface area contributed by atoms with Gasteiger partial charge in [0.25, 0.3) is 5.91 Å². The van der Waals surface area contributed by atoms with E-state index in [-0.39, 0.29) is 5.91 Å². The van der Waals surface area contributed by atoms with Gasteiger partial charge in [0.1, 0.15) is 0 Å². The second-order valence-electron chi connectivity index (χ2n) is 6.65. The molecule has 136 valence electrons. The maximum absolute atomic E-state index is 12.6. The number of rotatable bonds is 3. The molecular formula is C21H19ClN4O. The molecule has 2 aromatic heterocycles. The van der Waals surface area contributed by atoms with Crippen LogP contribution in [0.4, 0.5) is 0 Å². The first-order chi connectivity index (χ1) is 13.2. The fourth-order valence-electron chi connectivity index (χ4n) is 3.41. The first kappa shape index (κ1) is 17.6. The summed E-state index contributed by atoms with van der Waals surface area (Å²) in [5.41, 5.74) is 3.39. The molecule has 27 heavy (non-hydrogen) atoms. The Morgan fingerprint density at radius 1 is 1.04 bits per heavy atom. The molecule has 5 nitrogen and oxygen atoms in total. The highest BCUT2D eigenvalue weighted by Gasteiger charge is 2.25. The second kappa shape index (κ2) is 7.84. The van der Waals surface area contributed by atoms with Gasteiger partial charge in [-0.05, 0) is 37.1 Å². The number of carbonyl (C=O) groups is 1. The summed E-state index contributed by atoms with van der Waals surface area (Å²) in [6, 6.07) is 11.2. The molecule has 0 bridgehead atoms. The van der Waals surface area contributed by atoms with Crippen LogP contribution in [0.3, 0.4) is 0 Å². The molecule has 0 radical (unpaired) electrons. The molecule has 0 aliphatic carbocycles. The lowest BCUT2D eigenvalue weighted by Crippen LogP contribution is -2.38. The van der Waals surface area contributed by atoms with E-state index in [0.717, 1.165) is 29.8 Å². The topological polar surface area (TPSA) is 59.0 Å². The predicted molar refractivity (Wildman–Crippen MR) is 105 cm³/mol. The summed E-state index contributed by atoms with van der Waals surface area (Å²) in [5, 5.41) is 0.682. The van der Waals surface area contributed by atoms with E-state index in [1.807, 2.05) is 35.4 Å². The third-order valence-corrected chi connectivity index (χ3v) is 5.12. The van der Waals surface area contributed by atoms with Gasteiger partial charge in [-0.15, -0.1) is 0 Å². The van der Waals surface area contributed by atoms with Gasteiger partial charge >= 0.3 is 0 Å². The van der Waals surface area contributed by atoms with Gasteiger partial charge in [-0.1, -0.05) is 23.7 Å². The highest BCUT2D eigenvalue weighted by Crippen LogP contribution is 2.29. The second-order valence-corrected chi connectivity index (χ2v) is 7.08. The van der Waals surface area contributed by atoms with Crippen molar-refractivity contribution in [3.8, 4) is 11.3 Å². The lowest BCUT2D eigenvalue weighted by Gasteiger charge is -2.31. The third-order valence-electron chi connectivity index (χ3n) is 4.88. The first-order valence-electron chi connectivity index (χ1n) is 8.98. The van der Waals surface area contributed by atoms with E-state index < -0.39 is 0 Å². The number of hydrogen-bond acceptors (Lipinski definition) is 4. The molecule has 3 aromatic rings. The number of hydrogen-bond donors (Lipinski definition) is 0. The van der Waals surface area contributed by atoms with Crippen molar-refractivity contribution in [3.05, 3.63) is 77.5 Å². The Hall–Kier alpha value is -2.79. The number of piperidine rings is 1. The number of amides is 1. The van der Waals surface area contributed by atoms with Crippen LogP contribution in [0, 0.1) is 0 Å². The predicted octanol–water partition coefficient (Wildman–Crippen LogP) is 4.21. The highest BCUT2D eigenvalue weighted by atomic mass is 35.5. The Bertz CT molecular complexity index is 940. The Morgan fingerprint density at radius 2 is 1.89 bits per heavy atom. The van der Waals surface area contributed by atoms with E-state index in [4.69, 9.17) is 16.6 Å². The maximum atomic E-state index is 12.6. The van der Waals surface area contributed by atoms with Crippen LogP contribution >= 0.6 is 11.6 Å². The molecule has 0 atom stereocenters. The van der Waals surface area contributed by atoms with Crippen LogP contribution < -0.4 is 0 Å². The fraction of sp³-hybridized carbons (Fsp3) is 0.238. The summed E-state index contributed by atoms with van der Waals surface area (Å²) in [7, 11) is 0. The summed E-state index contributed by atoms with van der Waals surface area (Å²) >= 11 is 6.09. The average Bonchev–Trinajstić information content (AvgIpc) is 2.74. The lowest BCUT2D eigenvalue weighted by atomic mass is 9.93. The summed E-state index contributed by atoms with van der Waals surface area (Å²) in [4.78, 5) is 27.7. The van der Waals surface area contributed by atoms with Crippen LogP contribution in [-0.4, -0.2) is 38.8 Å². The minimum atomic E-state index is 0.0420. The van der Waals surface area contributed by atoms with E-state index in [0.29, 0.717) is 29.6 Å². The SMILES string of the molecule is O=C(c1cccnc1)N1CCC(c2cncc(-c3cccc(Cl)c3)n2)CC1. The van der Waals surface area contributed by atoms with E-state index >= 15 is 0 Å². The largest absolute Gasteiger partial charge is 0.339 e. The van der Waals surface area contributed by atoms with Gasteiger partial charge < -0.3 is 4.90 Å². The molecule has 1 aliphatic rings. The van der Waals surface area contributed by atoms with E-state index in [1.54, 1.807) is 30.7 Å². The van der Waals surface area contributed by atoms with Gasteiger partial charge in [-0.3, -0.25) is 14.8 Å². The quantitative estimate of drug-likeness (QED) is 0.685. The van der Waals surface area contributed by atoms with Crippen molar-refractivity contribution in [2.45, 2.75) is 18.8 Å². The molecular weight excluding hydrogens is 360 g/mol. The Balaban J connectivity index is 1.46. The van der Waals surface area contributed by atoms with Crippen molar-refractivity contribution >= 4 is 17.5 Å². The van der Waals surface area contributed by atoms with Gasteiger partial charge in [0.2, 0.25) is 0 Å². The Labute approximate surface area is 163 Å². The molecule has 1 aromatic carbocycles. The van der Waals surface area contributed by atoms with Crippen molar-refractivity contribution in [3.63, 3.8) is 0 Å². The molecule has 4 rings (SSSR count). The Kier molecular flexibility index (Phi) is 5.12.